The highest BCUT2D eigenvalue weighted by atomic mass is 32.2. The van der Waals surface area contributed by atoms with E-state index < -0.39 is 84.6 Å². The molecule has 2 aromatic rings. The standard InChI is InChI=1S/C39H64N7O17P3S/c1-4-5-6-7-8-9-10-11-12-13-14-15-16-17-18-19-30(48)67-23-22-41-29(47)20-21-42-37(51)34(50)39(2,3)25-60-66(57,58)63-65(55,56)59-24-28-33(62-64(52,53)54)32(49)38(61-28)46-27-45-31-35(40)43-26-44-36(31)46/h5-6,8-9,11-12,26-28,32-34,38,49-50H,4,7,10,13-25H2,1-3H3,(H,41,47)(H,42,51)(H,55,56)(H,57,58)(H2,40,43,44)(H2,52,53,54)/b6-5-,9-8-,12-11-/t28-,32+,33?,34+,38-/m1/s1. The Morgan fingerprint density at radius 3 is 2.27 bits per heavy atom. The summed E-state index contributed by atoms with van der Waals surface area (Å²) in [7, 11) is -16.4. The first-order valence-corrected chi connectivity index (χ1v) is 27.1. The number of aromatic nitrogens is 4. The fraction of sp³-hybridized carbons (Fsp3) is 0.641. The Balaban J connectivity index is 1.31. The number of aliphatic hydroxyl groups excluding tert-OH is 2. The van der Waals surface area contributed by atoms with Crippen LogP contribution in [0.15, 0.2) is 49.1 Å². The second kappa shape index (κ2) is 28.4. The van der Waals surface area contributed by atoms with E-state index in [2.05, 4.69) is 77.8 Å². The van der Waals surface area contributed by atoms with Crippen molar-refractivity contribution in [2.45, 2.75) is 122 Å². The smallest absolute Gasteiger partial charge is 0.386 e. The number of imidazole rings is 1. The van der Waals surface area contributed by atoms with Crippen molar-refractivity contribution >= 4 is 69.1 Å². The minimum atomic E-state index is -5.58. The number of aliphatic hydroxyl groups is 2. The molecule has 378 valence electrons. The average molecular weight is 1030 g/mol. The number of amides is 2. The molecule has 24 nitrogen and oxygen atoms in total. The molecule has 2 amide bonds. The maximum atomic E-state index is 12.7. The number of carbonyl (C=O) groups excluding carboxylic acids is 3. The molecule has 3 heterocycles. The van der Waals surface area contributed by atoms with Crippen LogP contribution in [0.25, 0.3) is 11.2 Å². The summed E-state index contributed by atoms with van der Waals surface area (Å²) in [5, 5.41) is 26.6. The summed E-state index contributed by atoms with van der Waals surface area (Å²) in [6.07, 6.45) is 15.7. The van der Waals surface area contributed by atoms with Gasteiger partial charge in [-0.3, -0.25) is 32.5 Å². The van der Waals surface area contributed by atoms with Crippen LogP contribution in [0.5, 0.6) is 0 Å². The van der Waals surface area contributed by atoms with Gasteiger partial charge in [0.2, 0.25) is 11.8 Å². The molecule has 0 aromatic carbocycles. The lowest BCUT2D eigenvalue weighted by Crippen LogP contribution is -2.46. The second-order valence-corrected chi connectivity index (χ2v) is 21.3. The zero-order valence-corrected chi connectivity index (χ0v) is 41.1. The molecule has 0 aliphatic carbocycles. The number of fused-ring (bicyclic) bond motifs is 1. The number of anilines is 1. The van der Waals surface area contributed by atoms with Crippen LogP contribution in [0.1, 0.15) is 97.6 Å². The van der Waals surface area contributed by atoms with Gasteiger partial charge in [0, 0.05) is 37.1 Å². The predicted molar refractivity (Wildman–Crippen MR) is 246 cm³/mol. The van der Waals surface area contributed by atoms with Crippen molar-refractivity contribution in [3.05, 3.63) is 49.1 Å². The fourth-order valence-electron chi connectivity index (χ4n) is 6.26. The quantitative estimate of drug-likeness (QED) is 0.0281. The van der Waals surface area contributed by atoms with E-state index in [1.807, 2.05) is 0 Å². The molecule has 67 heavy (non-hydrogen) atoms. The number of thioether (sulfide) groups is 1. The molecule has 0 bridgehead atoms. The Morgan fingerprint density at radius 2 is 1.57 bits per heavy atom. The monoisotopic (exact) mass is 1030 g/mol. The molecule has 1 fully saturated rings. The maximum Gasteiger partial charge on any atom is 0.481 e. The lowest BCUT2D eigenvalue weighted by molar-refractivity contribution is -0.137. The maximum absolute atomic E-state index is 12.7. The van der Waals surface area contributed by atoms with Crippen molar-refractivity contribution in [2.24, 2.45) is 5.41 Å². The molecule has 0 spiro atoms. The Bertz CT molecular complexity index is 2140. The number of hydrogen-bond donors (Lipinski definition) is 9. The van der Waals surface area contributed by atoms with Gasteiger partial charge in [0.15, 0.2) is 22.8 Å². The molecule has 7 atom stereocenters. The first-order chi connectivity index (χ1) is 31.6. The van der Waals surface area contributed by atoms with Crippen LogP contribution in [0, 0.1) is 5.41 Å². The van der Waals surface area contributed by atoms with Crippen molar-refractivity contribution in [1.29, 1.82) is 0 Å². The molecule has 28 heteroatoms. The second-order valence-electron chi connectivity index (χ2n) is 15.9. The lowest BCUT2D eigenvalue weighted by Gasteiger charge is -2.30. The van der Waals surface area contributed by atoms with Crippen LogP contribution >= 0.6 is 35.2 Å². The molecule has 0 saturated carbocycles. The highest BCUT2D eigenvalue weighted by Gasteiger charge is 2.50. The third kappa shape index (κ3) is 21.5. The number of nitrogens with two attached hydrogens (primary N) is 1. The molecular weight excluding hydrogens is 963 g/mol. The Labute approximate surface area is 393 Å². The third-order valence-corrected chi connectivity index (χ3v) is 13.8. The van der Waals surface area contributed by atoms with E-state index in [4.69, 9.17) is 19.5 Å². The Kier molecular flexibility index (Phi) is 24.7. The third-order valence-electron chi connectivity index (χ3n) is 9.80. The summed E-state index contributed by atoms with van der Waals surface area (Å²) in [5.41, 5.74) is 4.28. The van der Waals surface area contributed by atoms with Crippen LogP contribution in [-0.4, -0.2) is 123 Å². The molecule has 2 aromatic heterocycles. The summed E-state index contributed by atoms with van der Waals surface area (Å²) >= 11 is 1.14. The summed E-state index contributed by atoms with van der Waals surface area (Å²) in [6.45, 7) is 2.66. The number of carbonyl (C=O) groups is 3. The molecule has 3 unspecified atom stereocenters. The van der Waals surface area contributed by atoms with E-state index in [0.717, 1.165) is 86.8 Å². The summed E-state index contributed by atoms with van der Waals surface area (Å²) in [5.74, 6) is -1.05. The van der Waals surface area contributed by atoms with E-state index in [9.17, 15) is 57.9 Å². The number of phosphoric acid groups is 3. The molecule has 0 radical (unpaired) electrons. The molecule has 3 rings (SSSR count). The molecular formula is C39H64N7O17P3S. The van der Waals surface area contributed by atoms with Crippen molar-refractivity contribution in [3.8, 4) is 0 Å². The Hall–Kier alpha value is -3.22. The Morgan fingerprint density at radius 1 is 0.910 bits per heavy atom. The van der Waals surface area contributed by atoms with Gasteiger partial charge in [-0.15, -0.1) is 0 Å². The van der Waals surface area contributed by atoms with Crippen molar-refractivity contribution in [1.82, 2.24) is 30.2 Å². The van der Waals surface area contributed by atoms with Crippen molar-refractivity contribution in [2.75, 3.05) is 37.8 Å². The number of rotatable bonds is 32. The van der Waals surface area contributed by atoms with Gasteiger partial charge in [-0.25, -0.2) is 28.6 Å². The number of nitrogens with zero attached hydrogens (tertiary/aromatic N) is 4. The van der Waals surface area contributed by atoms with Crippen LogP contribution in [-0.2, 0) is 50.7 Å². The number of ether oxygens (including phenoxy) is 1. The highest BCUT2D eigenvalue weighted by molar-refractivity contribution is 8.13. The first-order valence-electron chi connectivity index (χ1n) is 21.6. The van der Waals surface area contributed by atoms with Crippen LogP contribution in [0.2, 0.25) is 0 Å². The zero-order valence-electron chi connectivity index (χ0n) is 37.6. The minimum absolute atomic E-state index is 0.0316. The van der Waals surface area contributed by atoms with E-state index in [1.54, 1.807) is 0 Å². The van der Waals surface area contributed by atoms with E-state index in [0.29, 0.717) is 12.2 Å². The number of nitrogens with one attached hydrogen (secondary N) is 2. The highest BCUT2D eigenvalue weighted by Crippen LogP contribution is 2.61. The SMILES string of the molecule is CC/C=C\C/C=C\C/C=C\CCCCCCCC(=O)SCCNC(=O)CCNC(=O)[C@H](O)C(C)(C)COP(=O)(O)OP(=O)(O)OC[C@H]1O[C@@H](n2cnc3c(N)ncnc32)[C@@H](O)C1OP(=O)(O)O. The number of allylic oxidation sites excluding steroid dienone is 6. The molecule has 10 N–H and O–H groups in total. The normalized spacial score (nSPS) is 20.4. The van der Waals surface area contributed by atoms with E-state index in [1.165, 1.54) is 13.8 Å². The zero-order chi connectivity index (χ0) is 49.7. The van der Waals surface area contributed by atoms with Gasteiger partial charge in [-0.05, 0) is 38.5 Å². The fourth-order valence-corrected chi connectivity index (χ4v) is 9.81. The number of hydrogen-bond acceptors (Lipinski definition) is 18. The van der Waals surface area contributed by atoms with Crippen LogP contribution < -0.4 is 16.4 Å². The first kappa shape index (κ1) is 58.1. The lowest BCUT2D eigenvalue weighted by atomic mass is 9.87. The van der Waals surface area contributed by atoms with Gasteiger partial charge in [0.05, 0.1) is 19.5 Å². The van der Waals surface area contributed by atoms with E-state index in [-0.39, 0.29) is 41.6 Å². The number of nitrogen functional groups attached to an aromatic ring is 1. The van der Waals surface area contributed by atoms with Gasteiger partial charge >= 0.3 is 23.5 Å². The van der Waals surface area contributed by atoms with Crippen molar-refractivity contribution < 1.29 is 80.5 Å². The number of unbranched alkanes of at least 4 members (excludes halogenated alkanes) is 5. The van der Waals surface area contributed by atoms with Crippen LogP contribution in [0.4, 0.5) is 5.82 Å². The van der Waals surface area contributed by atoms with Gasteiger partial charge in [0.25, 0.3) is 0 Å². The van der Waals surface area contributed by atoms with Gasteiger partial charge in [-0.2, -0.15) is 4.31 Å². The summed E-state index contributed by atoms with van der Waals surface area (Å²) < 4.78 is 62.4. The topological polar surface area (TPSA) is 364 Å². The minimum Gasteiger partial charge on any atom is -0.386 e. The molecule has 1 aliphatic heterocycles. The van der Waals surface area contributed by atoms with Gasteiger partial charge in [0.1, 0.15) is 36.3 Å². The van der Waals surface area contributed by atoms with Crippen molar-refractivity contribution in [3.63, 3.8) is 0 Å². The molecule has 1 aliphatic rings. The summed E-state index contributed by atoms with van der Waals surface area (Å²) in [6, 6.07) is 0. The van der Waals surface area contributed by atoms with E-state index >= 15 is 0 Å². The van der Waals surface area contributed by atoms with Gasteiger partial charge < -0.3 is 50.9 Å². The number of phosphoric ester groups is 3. The largest absolute Gasteiger partial charge is 0.481 e. The molecule has 1 saturated heterocycles. The van der Waals surface area contributed by atoms with Crippen LogP contribution in [0.3, 0.4) is 0 Å². The van der Waals surface area contributed by atoms with Gasteiger partial charge in [-0.1, -0.05) is 88.3 Å². The summed E-state index contributed by atoms with van der Waals surface area (Å²) in [4.78, 5) is 88.3. The average Bonchev–Trinajstić information content (AvgIpc) is 3.81. The predicted octanol–water partition coefficient (Wildman–Crippen LogP) is 4.25.